The van der Waals surface area contributed by atoms with Crippen molar-refractivity contribution >= 4 is 5.97 Å². The van der Waals surface area contributed by atoms with Crippen molar-refractivity contribution in [2.75, 3.05) is 19.6 Å². The van der Waals surface area contributed by atoms with Gasteiger partial charge in [-0.15, -0.1) is 0 Å². The largest absolute Gasteiger partial charge is 0.481 e. The smallest absolute Gasteiger partial charge is 0.309 e. The van der Waals surface area contributed by atoms with Crippen LogP contribution in [0.5, 0.6) is 0 Å². The SMILES string of the molecule is CC1CCCC(N2CCC(NCCC(C)(C)C(=O)O)CC2)C1. The summed E-state index contributed by atoms with van der Waals surface area (Å²) in [7, 11) is 0. The fraction of sp³-hybridized carbons (Fsp3) is 0.944. The van der Waals surface area contributed by atoms with E-state index < -0.39 is 11.4 Å². The van der Waals surface area contributed by atoms with Crippen LogP contribution in [0.2, 0.25) is 0 Å². The number of nitrogens with one attached hydrogen (secondary N) is 1. The van der Waals surface area contributed by atoms with Crippen molar-refractivity contribution in [3.63, 3.8) is 0 Å². The molecule has 2 aliphatic rings. The number of carboxylic acids is 1. The summed E-state index contributed by atoms with van der Waals surface area (Å²) in [5.41, 5.74) is -0.619. The zero-order chi connectivity index (χ0) is 16.2. The number of carbonyl (C=O) groups is 1. The van der Waals surface area contributed by atoms with Gasteiger partial charge in [0.1, 0.15) is 0 Å². The van der Waals surface area contributed by atoms with Gasteiger partial charge in [0.05, 0.1) is 5.41 Å². The Balaban J connectivity index is 1.66. The lowest BCUT2D eigenvalue weighted by Gasteiger charge is -2.41. The first-order valence-corrected chi connectivity index (χ1v) is 9.09. The number of rotatable bonds is 6. The van der Waals surface area contributed by atoms with Crippen molar-refractivity contribution < 1.29 is 9.90 Å². The molecule has 1 saturated carbocycles. The number of carboxylic acid groups (broad SMARTS) is 1. The van der Waals surface area contributed by atoms with Gasteiger partial charge in [-0.25, -0.2) is 0 Å². The van der Waals surface area contributed by atoms with E-state index in [2.05, 4.69) is 17.1 Å². The molecule has 0 spiro atoms. The van der Waals surface area contributed by atoms with Crippen LogP contribution < -0.4 is 5.32 Å². The first-order chi connectivity index (χ1) is 10.4. The van der Waals surface area contributed by atoms with Crippen LogP contribution in [0, 0.1) is 11.3 Å². The maximum Gasteiger partial charge on any atom is 0.309 e. The molecule has 22 heavy (non-hydrogen) atoms. The molecule has 0 radical (unpaired) electrons. The van der Waals surface area contributed by atoms with Crippen molar-refractivity contribution in [3.05, 3.63) is 0 Å². The number of hydrogen-bond donors (Lipinski definition) is 2. The van der Waals surface area contributed by atoms with E-state index in [4.69, 9.17) is 5.11 Å². The molecule has 128 valence electrons. The first-order valence-electron chi connectivity index (χ1n) is 9.09. The predicted octanol–water partition coefficient (Wildman–Crippen LogP) is 3.12. The second-order valence-corrected chi connectivity index (χ2v) is 8.13. The second-order valence-electron chi connectivity index (χ2n) is 8.13. The Kier molecular flexibility index (Phi) is 6.27. The minimum atomic E-state index is -0.699. The molecule has 1 aliphatic carbocycles. The third kappa shape index (κ3) is 4.95. The zero-order valence-corrected chi connectivity index (χ0v) is 14.6. The highest BCUT2D eigenvalue weighted by Crippen LogP contribution is 2.29. The summed E-state index contributed by atoms with van der Waals surface area (Å²) in [5, 5.41) is 12.7. The molecular weight excluding hydrogens is 276 g/mol. The minimum Gasteiger partial charge on any atom is -0.481 e. The lowest BCUT2D eigenvalue weighted by atomic mass is 9.85. The molecule has 1 saturated heterocycles. The molecular formula is C18H34N2O2. The highest BCUT2D eigenvalue weighted by molar-refractivity contribution is 5.73. The number of piperidine rings is 1. The molecule has 0 aromatic heterocycles. The molecule has 2 N–H and O–H groups in total. The van der Waals surface area contributed by atoms with E-state index in [0.29, 0.717) is 12.5 Å². The van der Waals surface area contributed by atoms with E-state index in [1.165, 1.54) is 51.6 Å². The summed E-state index contributed by atoms with van der Waals surface area (Å²) in [4.78, 5) is 13.8. The van der Waals surface area contributed by atoms with Crippen molar-refractivity contribution in [1.29, 1.82) is 0 Å². The average molecular weight is 310 g/mol. The van der Waals surface area contributed by atoms with Gasteiger partial charge in [-0.2, -0.15) is 0 Å². The Morgan fingerprint density at radius 1 is 1.23 bits per heavy atom. The minimum absolute atomic E-state index is 0.571. The summed E-state index contributed by atoms with van der Waals surface area (Å²) >= 11 is 0. The van der Waals surface area contributed by atoms with Crippen LogP contribution in [0.15, 0.2) is 0 Å². The number of nitrogens with zero attached hydrogens (tertiary/aromatic N) is 1. The van der Waals surface area contributed by atoms with E-state index in [9.17, 15) is 4.79 Å². The molecule has 2 atom stereocenters. The van der Waals surface area contributed by atoms with Gasteiger partial charge in [0.15, 0.2) is 0 Å². The highest BCUT2D eigenvalue weighted by Gasteiger charge is 2.29. The van der Waals surface area contributed by atoms with Crippen LogP contribution >= 0.6 is 0 Å². The Morgan fingerprint density at radius 2 is 1.91 bits per heavy atom. The van der Waals surface area contributed by atoms with Crippen molar-refractivity contribution in [2.24, 2.45) is 11.3 Å². The summed E-state index contributed by atoms with van der Waals surface area (Å²) in [6.45, 7) is 9.23. The molecule has 4 nitrogen and oxygen atoms in total. The summed E-state index contributed by atoms with van der Waals surface area (Å²) in [6, 6.07) is 1.39. The normalized spacial score (nSPS) is 28.7. The molecule has 0 aromatic carbocycles. The fourth-order valence-electron chi connectivity index (χ4n) is 3.90. The molecule has 4 heteroatoms. The third-order valence-corrected chi connectivity index (χ3v) is 5.72. The molecule has 2 rings (SSSR count). The number of aliphatic carboxylic acids is 1. The van der Waals surface area contributed by atoms with E-state index in [1.807, 2.05) is 13.8 Å². The van der Waals surface area contributed by atoms with Crippen LogP contribution in [0.25, 0.3) is 0 Å². The Labute approximate surface area is 135 Å². The van der Waals surface area contributed by atoms with Crippen LogP contribution in [0.1, 0.15) is 65.7 Å². The van der Waals surface area contributed by atoms with Gasteiger partial charge in [0.2, 0.25) is 0 Å². The van der Waals surface area contributed by atoms with Gasteiger partial charge >= 0.3 is 5.97 Å². The van der Waals surface area contributed by atoms with Crippen LogP contribution in [-0.2, 0) is 4.79 Å². The lowest BCUT2D eigenvalue weighted by Crippen LogP contribution is -2.48. The van der Waals surface area contributed by atoms with Crippen molar-refractivity contribution in [3.8, 4) is 0 Å². The van der Waals surface area contributed by atoms with Crippen LogP contribution in [0.3, 0.4) is 0 Å². The summed E-state index contributed by atoms with van der Waals surface area (Å²) < 4.78 is 0. The molecule has 2 unspecified atom stereocenters. The first kappa shape index (κ1) is 17.7. The van der Waals surface area contributed by atoms with Gasteiger partial charge < -0.3 is 15.3 Å². The Morgan fingerprint density at radius 3 is 2.50 bits per heavy atom. The van der Waals surface area contributed by atoms with E-state index in [0.717, 1.165) is 18.5 Å². The molecule has 0 aromatic rings. The zero-order valence-electron chi connectivity index (χ0n) is 14.6. The Hall–Kier alpha value is -0.610. The van der Waals surface area contributed by atoms with Gasteiger partial charge in [-0.3, -0.25) is 4.79 Å². The van der Waals surface area contributed by atoms with Gasteiger partial charge in [0.25, 0.3) is 0 Å². The highest BCUT2D eigenvalue weighted by atomic mass is 16.4. The second kappa shape index (κ2) is 7.78. The van der Waals surface area contributed by atoms with Crippen LogP contribution in [-0.4, -0.2) is 47.7 Å². The van der Waals surface area contributed by atoms with Crippen molar-refractivity contribution in [2.45, 2.75) is 77.8 Å². The topological polar surface area (TPSA) is 52.6 Å². The summed E-state index contributed by atoms with van der Waals surface area (Å²) in [6.07, 6.45) is 8.68. The van der Waals surface area contributed by atoms with E-state index in [-0.39, 0.29) is 0 Å². The number of likely N-dealkylation sites (tertiary alicyclic amines) is 1. The predicted molar refractivity (Wildman–Crippen MR) is 90.1 cm³/mol. The van der Waals surface area contributed by atoms with E-state index >= 15 is 0 Å². The third-order valence-electron chi connectivity index (χ3n) is 5.72. The summed E-state index contributed by atoms with van der Waals surface area (Å²) in [5.74, 6) is 0.198. The monoisotopic (exact) mass is 310 g/mol. The quantitative estimate of drug-likeness (QED) is 0.791. The maximum absolute atomic E-state index is 11.1. The van der Waals surface area contributed by atoms with Crippen LogP contribution in [0.4, 0.5) is 0 Å². The standard InChI is InChI=1S/C18H34N2O2/c1-14-5-4-6-16(13-14)20-11-7-15(8-12-20)19-10-9-18(2,3)17(21)22/h14-16,19H,4-13H2,1-3H3,(H,21,22). The Bertz CT molecular complexity index is 362. The molecule has 1 aliphatic heterocycles. The molecule has 0 amide bonds. The molecule has 2 fully saturated rings. The maximum atomic E-state index is 11.1. The molecule has 0 bridgehead atoms. The number of hydrogen-bond acceptors (Lipinski definition) is 3. The van der Waals surface area contributed by atoms with E-state index in [1.54, 1.807) is 0 Å². The van der Waals surface area contributed by atoms with Gasteiger partial charge in [-0.1, -0.05) is 19.8 Å². The lowest BCUT2D eigenvalue weighted by molar-refractivity contribution is -0.147. The fourth-order valence-corrected chi connectivity index (χ4v) is 3.90. The average Bonchev–Trinajstić information content (AvgIpc) is 2.47. The van der Waals surface area contributed by atoms with Gasteiger partial charge in [0, 0.05) is 12.1 Å². The molecule has 1 heterocycles. The van der Waals surface area contributed by atoms with Gasteiger partial charge in [-0.05, 0) is 71.5 Å². The van der Waals surface area contributed by atoms with Crippen molar-refractivity contribution in [1.82, 2.24) is 10.2 Å².